The average Bonchev–Trinajstić information content (AvgIpc) is 3.03. The van der Waals surface area contributed by atoms with Crippen molar-refractivity contribution in [3.05, 3.63) is 33.0 Å². The molecule has 2 heterocycles. The van der Waals surface area contributed by atoms with Crippen molar-refractivity contribution in [2.24, 2.45) is 7.05 Å². The normalized spacial score (nSPS) is 15.8. The summed E-state index contributed by atoms with van der Waals surface area (Å²) >= 11 is 1.87. The molecular weight excluding hydrogens is 268 g/mol. The highest BCUT2D eigenvalue weighted by atomic mass is 32.1. The van der Waals surface area contributed by atoms with Gasteiger partial charge in [0.15, 0.2) is 0 Å². The van der Waals surface area contributed by atoms with E-state index in [1.165, 1.54) is 39.7 Å². The second-order valence-corrected chi connectivity index (χ2v) is 6.95. The molecule has 1 aliphatic rings. The molecule has 0 spiro atoms. The molecule has 0 radical (unpaired) electrons. The Labute approximate surface area is 124 Å². The van der Waals surface area contributed by atoms with E-state index in [9.17, 15) is 0 Å². The summed E-state index contributed by atoms with van der Waals surface area (Å²) in [5.41, 5.74) is 3.77. The topological polar surface area (TPSA) is 42.7 Å². The van der Waals surface area contributed by atoms with Crippen molar-refractivity contribution in [2.45, 2.75) is 52.1 Å². The van der Waals surface area contributed by atoms with Crippen molar-refractivity contribution in [1.82, 2.24) is 20.1 Å². The Morgan fingerprint density at radius 1 is 1.35 bits per heavy atom. The van der Waals surface area contributed by atoms with Crippen molar-refractivity contribution >= 4 is 11.3 Å². The van der Waals surface area contributed by atoms with Crippen LogP contribution in [0.15, 0.2) is 6.20 Å². The Kier molecular flexibility index (Phi) is 3.65. The van der Waals surface area contributed by atoms with Gasteiger partial charge in [-0.05, 0) is 40.0 Å². The van der Waals surface area contributed by atoms with E-state index in [4.69, 9.17) is 4.98 Å². The van der Waals surface area contributed by atoms with E-state index in [0.29, 0.717) is 6.04 Å². The smallest absolute Gasteiger partial charge is 0.115 e. The molecule has 108 valence electrons. The van der Waals surface area contributed by atoms with Gasteiger partial charge in [-0.2, -0.15) is 5.10 Å². The van der Waals surface area contributed by atoms with Crippen LogP contribution in [-0.4, -0.2) is 20.8 Å². The summed E-state index contributed by atoms with van der Waals surface area (Å²) in [4.78, 5) is 6.37. The monoisotopic (exact) mass is 290 g/mol. The maximum atomic E-state index is 4.89. The summed E-state index contributed by atoms with van der Waals surface area (Å²) in [6, 6.07) is 0.581. The number of fused-ring (bicyclic) bond motifs is 1. The van der Waals surface area contributed by atoms with Crippen LogP contribution in [0.4, 0.5) is 0 Å². The minimum atomic E-state index is 0.166. The number of aryl methyl sites for hydroxylation is 3. The highest BCUT2D eigenvalue weighted by Crippen LogP contribution is 2.34. The molecular formula is C15H22N4S. The number of hydrogen-bond donors (Lipinski definition) is 1. The molecule has 0 bridgehead atoms. The minimum Gasteiger partial charge on any atom is -0.302 e. The van der Waals surface area contributed by atoms with Gasteiger partial charge in [-0.15, -0.1) is 11.3 Å². The summed E-state index contributed by atoms with van der Waals surface area (Å²) in [5.74, 6) is 0. The van der Waals surface area contributed by atoms with Crippen LogP contribution in [0.1, 0.15) is 53.1 Å². The summed E-state index contributed by atoms with van der Waals surface area (Å²) in [6.07, 6.45) is 5.59. The van der Waals surface area contributed by atoms with Crippen molar-refractivity contribution in [2.75, 3.05) is 0 Å². The molecule has 1 aliphatic carbocycles. The van der Waals surface area contributed by atoms with Gasteiger partial charge < -0.3 is 5.32 Å². The number of aromatic nitrogens is 3. The zero-order valence-electron chi connectivity index (χ0n) is 12.6. The second-order valence-electron chi connectivity index (χ2n) is 5.84. The molecule has 2 aromatic rings. The lowest BCUT2D eigenvalue weighted by atomic mass is 10.1. The lowest BCUT2D eigenvalue weighted by Gasteiger charge is -2.19. The van der Waals surface area contributed by atoms with E-state index < -0.39 is 0 Å². The Bertz CT molecular complexity index is 590. The van der Waals surface area contributed by atoms with E-state index in [1.807, 2.05) is 29.3 Å². The SMILES string of the molecule is Cc1c(C(NC(C)C)c2nc3c(s2)CCC3)cnn1C. The molecule has 1 N–H and O–H groups in total. The van der Waals surface area contributed by atoms with Crippen LogP contribution in [0.3, 0.4) is 0 Å². The molecule has 5 heteroatoms. The van der Waals surface area contributed by atoms with Crippen LogP contribution >= 0.6 is 11.3 Å². The van der Waals surface area contributed by atoms with Crippen molar-refractivity contribution < 1.29 is 0 Å². The van der Waals surface area contributed by atoms with Crippen LogP contribution in [-0.2, 0) is 19.9 Å². The van der Waals surface area contributed by atoms with Gasteiger partial charge in [0, 0.05) is 29.2 Å². The number of nitrogens with one attached hydrogen (secondary N) is 1. The summed E-state index contributed by atoms with van der Waals surface area (Å²) in [7, 11) is 1.99. The van der Waals surface area contributed by atoms with Crippen LogP contribution in [0.2, 0.25) is 0 Å². The van der Waals surface area contributed by atoms with Gasteiger partial charge in [-0.3, -0.25) is 4.68 Å². The van der Waals surface area contributed by atoms with Gasteiger partial charge in [0.1, 0.15) is 5.01 Å². The first kappa shape index (κ1) is 13.8. The highest BCUT2D eigenvalue weighted by molar-refractivity contribution is 7.11. The summed E-state index contributed by atoms with van der Waals surface area (Å²) in [6.45, 7) is 6.48. The van der Waals surface area contributed by atoms with E-state index >= 15 is 0 Å². The molecule has 1 unspecified atom stereocenters. The molecule has 0 fully saturated rings. The fraction of sp³-hybridized carbons (Fsp3) is 0.600. The predicted molar refractivity (Wildman–Crippen MR) is 82.2 cm³/mol. The van der Waals surface area contributed by atoms with Crippen LogP contribution in [0.5, 0.6) is 0 Å². The third-order valence-corrected chi connectivity index (χ3v) is 5.17. The Morgan fingerprint density at radius 2 is 2.15 bits per heavy atom. The van der Waals surface area contributed by atoms with Crippen LogP contribution in [0.25, 0.3) is 0 Å². The van der Waals surface area contributed by atoms with E-state index in [-0.39, 0.29) is 6.04 Å². The standard InChI is InChI=1S/C15H22N4S/c1-9(2)17-14(11-8-16-19(4)10(11)3)15-18-12-6-5-7-13(12)20-15/h8-9,14,17H,5-7H2,1-4H3. The van der Waals surface area contributed by atoms with Crippen molar-refractivity contribution in [1.29, 1.82) is 0 Å². The maximum absolute atomic E-state index is 4.89. The second kappa shape index (κ2) is 5.30. The van der Waals surface area contributed by atoms with Crippen molar-refractivity contribution in [3.63, 3.8) is 0 Å². The molecule has 0 aliphatic heterocycles. The Hall–Kier alpha value is -1.20. The number of rotatable bonds is 4. The first-order valence-corrected chi connectivity index (χ1v) is 8.11. The molecule has 0 aromatic carbocycles. The fourth-order valence-electron chi connectivity index (χ4n) is 2.76. The number of nitrogens with zero attached hydrogens (tertiary/aromatic N) is 3. The minimum absolute atomic E-state index is 0.166. The van der Waals surface area contributed by atoms with E-state index in [1.54, 1.807) is 0 Å². The van der Waals surface area contributed by atoms with E-state index in [2.05, 4.69) is 31.2 Å². The zero-order valence-corrected chi connectivity index (χ0v) is 13.4. The first-order chi connectivity index (χ1) is 9.56. The predicted octanol–water partition coefficient (Wildman–Crippen LogP) is 2.76. The molecule has 20 heavy (non-hydrogen) atoms. The first-order valence-electron chi connectivity index (χ1n) is 7.29. The van der Waals surface area contributed by atoms with Gasteiger partial charge >= 0.3 is 0 Å². The lowest BCUT2D eigenvalue weighted by molar-refractivity contribution is 0.524. The Morgan fingerprint density at radius 3 is 2.75 bits per heavy atom. The number of hydrogen-bond acceptors (Lipinski definition) is 4. The van der Waals surface area contributed by atoms with Gasteiger partial charge in [0.2, 0.25) is 0 Å². The van der Waals surface area contributed by atoms with E-state index in [0.717, 1.165) is 6.42 Å². The van der Waals surface area contributed by atoms with Gasteiger partial charge in [-0.1, -0.05) is 0 Å². The third-order valence-electron chi connectivity index (χ3n) is 3.94. The van der Waals surface area contributed by atoms with Gasteiger partial charge in [0.25, 0.3) is 0 Å². The molecule has 0 saturated heterocycles. The average molecular weight is 290 g/mol. The molecule has 1 atom stereocenters. The maximum Gasteiger partial charge on any atom is 0.115 e. The van der Waals surface area contributed by atoms with Crippen LogP contribution in [0, 0.1) is 6.92 Å². The highest BCUT2D eigenvalue weighted by Gasteiger charge is 2.26. The van der Waals surface area contributed by atoms with Crippen LogP contribution < -0.4 is 5.32 Å². The molecule has 3 rings (SSSR count). The van der Waals surface area contributed by atoms with Crippen molar-refractivity contribution in [3.8, 4) is 0 Å². The largest absolute Gasteiger partial charge is 0.302 e. The summed E-state index contributed by atoms with van der Waals surface area (Å²) in [5, 5.41) is 9.23. The quantitative estimate of drug-likeness (QED) is 0.941. The Balaban J connectivity index is 1.99. The van der Waals surface area contributed by atoms with Gasteiger partial charge in [-0.25, -0.2) is 4.98 Å². The molecule has 0 amide bonds. The summed E-state index contributed by atoms with van der Waals surface area (Å²) < 4.78 is 1.94. The third kappa shape index (κ3) is 2.40. The molecule has 2 aromatic heterocycles. The fourth-order valence-corrected chi connectivity index (χ4v) is 3.99. The lowest BCUT2D eigenvalue weighted by Crippen LogP contribution is -2.29. The zero-order chi connectivity index (χ0) is 14.3. The van der Waals surface area contributed by atoms with Gasteiger partial charge in [0.05, 0.1) is 17.9 Å². The molecule has 4 nitrogen and oxygen atoms in total. The molecule has 0 saturated carbocycles. The number of thiazole rings is 1.